The molecule has 1 aliphatic carbocycles. The van der Waals surface area contributed by atoms with Gasteiger partial charge < -0.3 is 10.0 Å². The van der Waals surface area contributed by atoms with Crippen LogP contribution in [0, 0.1) is 11.3 Å². The van der Waals surface area contributed by atoms with Gasteiger partial charge in [-0.25, -0.2) is 0 Å². The molecule has 0 atom stereocenters. The van der Waals surface area contributed by atoms with Gasteiger partial charge in [0.25, 0.3) is 0 Å². The normalized spacial score (nSPS) is 31.0. The lowest BCUT2D eigenvalue weighted by Gasteiger charge is -2.44. The minimum absolute atomic E-state index is 0.201. The Labute approximate surface area is 123 Å². The van der Waals surface area contributed by atoms with E-state index in [4.69, 9.17) is 0 Å². The highest BCUT2D eigenvalue weighted by Crippen LogP contribution is 2.41. The molecule has 1 heterocycles. The molecule has 0 amide bonds. The monoisotopic (exact) mass is 307 g/mol. The van der Waals surface area contributed by atoms with Crippen LogP contribution >= 0.6 is 0 Å². The van der Waals surface area contributed by atoms with Crippen LogP contribution < -0.4 is 0 Å². The molecule has 0 bridgehead atoms. The first-order chi connectivity index (χ1) is 9.78. The number of hydrogen-bond acceptors (Lipinski definition) is 2. The van der Waals surface area contributed by atoms with Crippen molar-refractivity contribution in [3.8, 4) is 0 Å². The first-order valence-corrected chi connectivity index (χ1v) is 7.82. The van der Waals surface area contributed by atoms with Gasteiger partial charge in [0.05, 0.1) is 11.3 Å². The number of carboxylic acid groups (broad SMARTS) is 1. The molecular weight excluding hydrogens is 283 g/mol. The Morgan fingerprint density at radius 1 is 1.19 bits per heavy atom. The molecule has 0 spiro atoms. The van der Waals surface area contributed by atoms with Crippen LogP contribution in [0.15, 0.2) is 0 Å². The zero-order valence-corrected chi connectivity index (χ0v) is 12.5. The Balaban J connectivity index is 1.86. The fraction of sp³-hybridized carbons (Fsp3) is 0.933. The Morgan fingerprint density at radius 2 is 1.71 bits per heavy atom. The highest BCUT2D eigenvalue weighted by atomic mass is 19.4. The molecule has 0 aromatic rings. The Bertz CT molecular complexity index is 368. The van der Waals surface area contributed by atoms with Crippen LogP contribution in [0.4, 0.5) is 13.2 Å². The number of halogens is 3. The fourth-order valence-electron chi connectivity index (χ4n) is 3.80. The molecule has 6 heteroatoms. The van der Waals surface area contributed by atoms with Gasteiger partial charge in [-0.3, -0.25) is 4.79 Å². The molecule has 0 radical (unpaired) electrons. The summed E-state index contributed by atoms with van der Waals surface area (Å²) in [6.07, 6.45) is -0.641. The molecule has 2 rings (SSSR count). The Morgan fingerprint density at radius 3 is 2.10 bits per heavy atom. The second-order valence-corrected chi connectivity index (χ2v) is 6.52. The van der Waals surface area contributed by atoms with E-state index in [0.717, 1.165) is 0 Å². The van der Waals surface area contributed by atoms with Gasteiger partial charge in [-0.05, 0) is 58.0 Å². The third-order valence-electron chi connectivity index (χ3n) is 5.56. The number of alkyl halides is 3. The molecule has 2 fully saturated rings. The van der Waals surface area contributed by atoms with E-state index in [0.29, 0.717) is 45.2 Å². The predicted octanol–water partition coefficient (Wildman–Crippen LogP) is 3.68. The van der Waals surface area contributed by atoms with Crippen molar-refractivity contribution < 1.29 is 23.1 Å². The third kappa shape index (κ3) is 3.52. The van der Waals surface area contributed by atoms with E-state index in [1.807, 2.05) is 6.92 Å². The molecule has 21 heavy (non-hydrogen) atoms. The lowest BCUT2D eigenvalue weighted by atomic mass is 9.75. The second-order valence-electron chi connectivity index (χ2n) is 6.52. The molecule has 0 aromatic heterocycles. The number of likely N-dealkylation sites (tertiary alicyclic amines) is 1. The Kier molecular flexibility index (Phi) is 4.85. The van der Waals surface area contributed by atoms with Gasteiger partial charge >= 0.3 is 12.1 Å². The molecule has 3 nitrogen and oxygen atoms in total. The van der Waals surface area contributed by atoms with Crippen LogP contribution in [0.2, 0.25) is 0 Å². The topological polar surface area (TPSA) is 40.5 Å². The lowest BCUT2D eigenvalue weighted by molar-refractivity contribution is -0.185. The largest absolute Gasteiger partial charge is 0.481 e. The first-order valence-electron chi connectivity index (χ1n) is 7.82. The number of carboxylic acids is 1. The highest BCUT2D eigenvalue weighted by Gasteiger charge is 2.44. The van der Waals surface area contributed by atoms with Crippen LogP contribution in [-0.4, -0.2) is 41.3 Å². The van der Waals surface area contributed by atoms with E-state index >= 15 is 0 Å². The van der Waals surface area contributed by atoms with E-state index < -0.39 is 23.5 Å². The minimum Gasteiger partial charge on any atom is -0.481 e. The van der Waals surface area contributed by atoms with Gasteiger partial charge in [0.15, 0.2) is 0 Å². The van der Waals surface area contributed by atoms with Crippen LogP contribution in [0.25, 0.3) is 0 Å². The minimum atomic E-state index is -4.06. The average Bonchev–Trinajstić information content (AvgIpc) is 2.46. The molecule has 0 aromatic carbocycles. The molecule has 1 aliphatic heterocycles. The summed E-state index contributed by atoms with van der Waals surface area (Å²) in [4.78, 5) is 13.6. The molecule has 0 unspecified atom stereocenters. The predicted molar refractivity (Wildman–Crippen MR) is 73.0 cm³/mol. The molecular formula is C15H24F3NO2. The van der Waals surface area contributed by atoms with E-state index in [9.17, 15) is 23.1 Å². The lowest BCUT2D eigenvalue weighted by Crippen LogP contribution is -2.49. The zero-order valence-electron chi connectivity index (χ0n) is 12.5. The van der Waals surface area contributed by atoms with Crippen molar-refractivity contribution in [3.63, 3.8) is 0 Å². The van der Waals surface area contributed by atoms with Crippen molar-refractivity contribution in [2.75, 3.05) is 13.1 Å². The summed E-state index contributed by atoms with van der Waals surface area (Å²) in [6, 6.07) is 0.201. The van der Waals surface area contributed by atoms with E-state index in [1.165, 1.54) is 0 Å². The van der Waals surface area contributed by atoms with Gasteiger partial charge in [0, 0.05) is 6.04 Å². The molecule has 2 aliphatic rings. The average molecular weight is 307 g/mol. The quantitative estimate of drug-likeness (QED) is 0.864. The summed E-state index contributed by atoms with van der Waals surface area (Å²) < 4.78 is 38.0. The number of aliphatic carboxylic acids is 1. The number of carbonyl (C=O) groups is 1. The molecule has 1 saturated heterocycles. The summed E-state index contributed by atoms with van der Waals surface area (Å²) in [6.45, 7) is 3.29. The van der Waals surface area contributed by atoms with Crippen LogP contribution in [0.3, 0.4) is 0 Å². The smallest absolute Gasteiger partial charge is 0.391 e. The molecule has 122 valence electrons. The third-order valence-corrected chi connectivity index (χ3v) is 5.56. The van der Waals surface area contributed by atoms with Gasteiger partial charge in [-0.2, -0.15) is 13.2 Å². The molecule has 1 saturated carbocycles. The van der Waals surface area contributed by atoms with Crippen LogP contribution in [0.1, 0.15) is 51.9 Å². The maximum absolute atomic E-state index is 12.7. The standard InChI is InChI=1S/C15H24F3NO2/c1-2-14(13(20)21)7-9-19(10-8-14)12-5-3-11(4-6-12)15(16,17)18/h11-12H,2-10H2,1H3,(H,20,21). The number of nitrogens with zero attached hydrogens (tertiary/aromatic N) is 1. The Hall–Kier alpha value is -0.780. The molecule has 1 N–H and O–H groups in total. The van der Waals surface area contributed by atoms with Gasteiger partial charge in [0.1, 0.15) is 0 Å². The second kappa shape index (κ2) is 6.15. The maximum Gasteiger partial charge on any atom is 0.391 e. The fourth-order valence-corrected chi connectivity index (χ4v) is 3.80. The summed E-state index contributed by atoms with van der Waals surface area (Å²) in [5.41, 5.74) is -0.625. The van der Waals surface area contributed by atoms with Crippen molar-refractivity contribution in [2.24, 2.45) is 11.3 Å². The number of hydrogen-bond donors (Lipinski definition) is 1. The summed E-state index contributed by atoms with van der Waals surface area (Å²) >= 11 is 0. The van der Waals surface area contributed by atoms with Gasteiger partial charge in [-0.1, -0.05) is 6.92 Å². The highest BCUT2D eigenvalue weighted by molar-refractivity contribution is 5.74. The van der Waals surface area contributed by atoms with Gasteiger partial charge in [0.2, 0.25) is 0 Å². The van der Waals surface area contributed by atoms with Crippen molar-refractivity contribution >= 4 is 5.97 Å². The van der Waals surface area contributed by atoms with E-state index in [-0.39, 0.29) is 18.9 Å². The SMILES string of the molecule is CCC1(C(=O)O)CCN(C2CCC(C(F)(F)F)CC2)CC1. The first kappa shape index (κ1) is 16.6. The zero-order chi connectivity index (χ0) is 15.7. The van der Waals surface area contributed by atoms with Crippen molar-refractivity contribution in [1.29, 1.82) is 0 Å². The summed E-state index contributed by atoms with van der Waals surface area (Å²) in [7, 11) is 0. The van der Waals surface area contributed by atoms with E-state index in [1.54, 1.807) is 0 Å². The number of rotatable bonds is 3. The summed E-state index contributed by atoms with van der Waals surface area (Å²) in [5.74, 6) is -1.88. The summed E-state index contributed by atoms with van der Waals surface area (Å²) in [5, 5.41) is 9.37. The van der Waals surface area contributed by atoms with Gasteiger partial charge in [-0.15, -0.1) is 0 Å². The van der Waals surface area contributed by atoms with Crippen molar-refractivity contribution in [2.45, 2.75) is 64.1 Å². The van der Waals surface area contributed by atoms with Crippen LogP contribution in [0.5, 0.6) is 0 Å². The van der Waals surface area contributed by atoms with Crippen molar-refractivity contribution in [3.05, 3.63) is 0 Å². The number of piperidine rings is 1. The van der Waals surface area contributed by atoms with Crippen LogP contribution in [-0.2, 0) is 4.79 Å². The van der Waals surface area contributed by atoms with E-state index in [2.05, 4.69) is 4.90 Å². The maximum atomic E-state index is 12.7. The van der Waals surface area contributed by atoms with Crippen molar-refractivity contribution in [1.82, 2.24) is 4.90 Å².